The lowest BCUT2D eigenvalue weighted by Crippen LogP contribution is -2.30. The SMILES string of the molecule is Cn1cc(N2CCCc3c(Br)cccc3C2=O)cn1. The highest BCUT2D eigenvalue weighted by Crippen LogP contribution is 2.28. The lowest BCUT2D eigenvalue weighted by Gasteiger charge is -2.18. The van der Waals surface area contributed by atoms with E-state index < -0.39 is 0 Å². The summed E-state index contributed by atoms with van der Waals surface area (Å²) in [6.45, 7) is 0.728. The number of benzene rings is 1. The quantitative estimate of drug-likeness (QED) is 0.810. The van der Waals surface area contributed by atoms with Crippen LogP contribution in [-0.2, 0) is 13.5 Å². The highest BCUT2D eigenvalue weighted by Gasteiger charge is 2.25. The summed E-state index contributed by atoms with van der Waals surface area (Å²) in [5.74, 6) is 0.0572. The first kappa shape index (κ1) is 12.4. The summed E-state index contributed by atoms with van der Waals surface area (Å²) in [4.78, 5) is 14.5. The van der Waals surface area contributed by atoms with E-state index in [0.717, 1.165) is 40.7 Å². The molecule has 1 amide bonds. The van der Waals surface area contributed by atoms with Gasteiger partial charge >= 0.3 is 0 Å². The van der Waals surface area contributed by atoms with Crippen molar-refractivity contribution >= 4 is 27.5 Å². The molecular weight excluding hydrogens is 306 g/mol. The van der Waals surface area contributed by atoms with Crippen LogP contribution >= 0.6 is 15.9 Å². The molecule has 98 valence electrons. The second kappa shape index (κ2) is 4.81. The van der Waals surface area contributed by atoms with Crippen molar-refractivity contribution in [1.82, 2.24) is 9.78 Å². The minimum absolute atomic E-state index is 0.0572. The Morgan fingerprint density at radius 1 is 1.37 bits per heavy atom. The van der Waals surface area contributed by atoms with E-state index in [-0.39, 0.29) is 5.91 Å². The first-order valence-corrected chi connectivity index (χ1v) is 7.04. The molecule has 1 aliphatic rings. The van der Waals surface area contributed by atoms with Crippen LogP contribution < -0.4 is 4.90 Å². The van der Waals surface area contributed by atoms with E-state index in [1.165, 1.54) is 0 Å². The van der Waals surface area contributed by atoms with Crippen LogP contribution in [0.5, 0.6) is 0 Å². The number of hydrogen-bond donors (Lipinski definition) is 0. The van der Waals surface area contributed by atoms with Crippen molar-refractivity contribution < 1.29 is 4.79 Å². The third kappa shape index (κ3) is 2.18. The number of anilines is 1. The smallest absolute Gasteiger partial charge is 0.258 e. The molecule has 2 aromatic rings. The Hall–Kier alpha value is -1.62. The number of carbonyl (C=O) groups is 1. The minimum atomic E-state index is 0.0572. The van der Waals surface area contributed by atoms with E-state index in [4.69, 9.17) is 0 Å². The van der Waals surface area contributed by atoms with Gasteiger partial charge in [0.05, 0.1) is 11.9 Å². The second-order valence-electron chi connectivity index (χ2n) is 4.70. The zero-order chi connectivity index (χ0) is 13.4. The lowest BCUT2D eigenvalue weighted by atomic mass is 10.0. The van der Waals surface area contributed by atoms with E-state index in [1.807, 2.05) is 36.3 Å². The molecule has 0 spiro atoms. The average Bonchev–Trinajstić information content (AvgIpc) is 2.74. The Morgan fingerprint density at radius 2 is 2.21 bits per heavy atom. The maximum atomic E-state index is 12.7. The molecular formula is C14H14BrN3O. The number of hydrogen-bond acceptors (Lipinski definition) is 2. The normalized spacial score (nSPS) is 15.3. The van der Waals surface area contributed by atoms with Crippen molar-refractivity contribution in [2.24, 2.45) is 7.05 Å². The molecule has 5 heteroatoms. The second-order valence-corrected chi connectivity index (χ2v) is 5.55. The predicted octanol–water partition coefficient (Wildman–Crippen LogP) is 2.78. The molecule has 0 aliphatic carbocycles. The van der Waals surface area contributed by atoms with Gasteiger partial charge in [0.25, 0.3) is 5.91 Å². The highest BCUT2D eigenvalue weighted by molar-refractivity contribution is 9.10. The molecule has 19 heavy (non-hydrogen) atoms. The summed E-state index contributed by atoms with van der Waals surface area (Å²) in [6, 6.07) is 5.80. The third-order valence-electron chi connectivity index (χ3n) is 3.41. The van der Waals surface area contributed by atoms with Crippen LogP contribution in [0.25, 0.3) is 0 Å². The molecule has 4 nitrogen and oxygen atoms in total. The van der Waals surface area contributed by atoms with Gasteiger partial charge in [-0.3, -0.25) is 9.48 Å². The molecule has 0 fully saturated rings. The minimum Gasteiger partial charge on any atom is -0.305 e. The van der Waals surface area contributed by atoms with Crippen LogP contribution in [-0.4, -0.2) is 22.2 Å². The van der Waals surface area contributed by atoms with Crippen LogP contribution in [0.15, 0.2) is 35.1 Å². The number of rotatable bonds is 1. The van der Waals surface area contributed by atoms with Crippen molar-refractivity contribution in [2.75, 3.05) is 11.4 Å². The van der Waals surface area contributed by atoms with Gasteiger partial charge in [0.2, 0.25) is 0 Å². The fourth-order valence-electron chi connectivity index (χ4n) is 2.47. The van der Waals surface area contributed by atoms with Gasteiger partial charge < -0.3 is 4.90 Å². The monoisotopic (exact) mass is 319 g/mol. The number of carbonyl (C=O) groups excluding carboxylic acids is 1. The molecule has 1 aliphatic heterocycles. The number of fused-ring (bicyclic) bond motifs is 1. The van der Waals surface area contributed by atoms with Crippen molar-refractivity contribution in [2.45, 2.75) is 12.8 Å². The van der Waals surface area contributed by atoms with Crippen LogP contribution in [0.1, 0.15) is 22.3 Å². The van der Waals surface area contributed by atoms with E-state index in [2.05, 4.69) is 21.0 Å². The van der Waals surface area contributed by atoms with Gasteiger partial charge in [-0.25, -0.2) is 0 Å². The van der Waals surface area contributed by atoms with Gasteiger partial charge in [-0.2, -0.15) is 5.10 Å². The van der Waals surface area contributed by atoms with Crippen molar-refractivity contribution in [3.05, 3.63) is 46.2 Å². The molecule has 2 heterocycles. The van der Waals surface area contributed by atoms with Crippen LogP contribution in [0, 0.1) is 0 Å². The summed E-state index contributed by atoms with van der Waals surface area (Å²) in [6.07, 6.45) is 5.48. The Bertz CT molecular complexity index is 635. The lowest BCUT2D eigenvalue weighted by molar-refractivity contribution is 0.0988. The Morgan fingerprint density at radius 3 is 2.95 bits per heavy atom. The Labute approximate surface area is 120 Å². The summed E-state index contributed by atoms with van der Waals surface area (Å²) < 4.78 is 2.74. The van der Waals surface area contributed by atoms with Crippen molar-refractivity contribution in [3.8, 4) is 0 Å². The van der Waals surface area contributed by atoms with Crippen LogP contribution in [0.2, 0.25) is 0 Å². The van der Waals surface area contributed by atoms with Gasteiger partial charge in [-0.1, -0.05) is 22.0 Å². The number of aryl methyl sites for hydroxylation is 1. The van der Waals surface area contributed by atoms with Gasteiger partial charge in [-0.15, -0.1) is 0 Å². The van der Waals surface area contributed by atoms with Gasteiger partial charge in [0, 0.05) is 29.8 Å². The molecule has 0 saturated carbocycles. The third-order valence-corrected chi connectivity index (χ3v) is 4.15. The highest BCUT2D eigenvalue weighted by atomic mass is 79.9. The summed E-state index contributed by atoms with van der Waals surface area (Å²) in [5.41, 5.74) is 2.76. The van der Waals surface area contributed by atoms with E-state index in [1.54, 1.807) is 10.9 Å². The molecule has 1 aromatic heterocycles. The predicted molar refractivity (Wildman–Crippen MR) is 77.3 cm³/mol. The topological polar surface area (TPSA) is 38.1 Å². The van der Waals surface area contributed by atoms with Crippen LogP contribution in [0.3, 0.4) is 0 Å². The maximum absolute atomic E-state index is 12.7. The summed E-state index contributed by atoms with van der Waals surface area (Å²) in [7, 11) is 1.86. The van der Waals surface area contributed by atoms with Crippen molar-refractivity contribution in [3.63, 3.8) is 0 Å². The number of aromatic nitrogens is 2. The Kier molecular flexibility index (Phi) is 3.14. The number of halogens is 1. The van der Waals surface area contributed by atoms with E-state index in [0.29, 0.717) is 0 Å². The van der Waals surface area contributed by atoms with Gasteiger partial charge in [0.1, 0.15) is 0 Å². The molecule has 3 rings (SSSR count). The molecule has 0 N–H and O–H groups in total. The standard InChI is InChI=1S/C14H14BrN3O/c1-17-9-10(8-16-17)18-7-3-5-11-12(14(18)19)4-2-6-13(11)15/h2,4,6,8-9H,3,5,7H2,1H3. The molecule has 0 saturated heterocycles. The van der Waals surface area contributed by atoms with Crippen LogP contribution in [0.4, 0.5) is 5.69 Å². The fraction of sp³-hybridized carbons (Fsp3) is 0.286. The summed E-state index contributed by atoms with van der Waals surface area (Å²) in [5, 5.41) is 4.14. The largest absolute Gasteiger partial charge is 0.305 e. The van der Waals surface area contributed by atoms with Crippen molar-refractivity contribution in [1.29, 1.82) is 0 Å². The molecule has 0 unspecified atom stereocenters. The van der Waals surface area contributed by atoms with Gasteiger partial charge in [-0.05, 0) is 30.5 Å². The first-order chi connectivity index (χ1) is 9.16. The number of amides is 1. The zero-order valence-corrected chi connectivity index (χ0v) is 12.2. The maximum Gasteiger partial charge on any atom is 0.258 e. The molecule has 0 atom stereocenters. The molecule has 0 bridgehead atoms. The van der Waals surface area contributed by atoms with E-state index in [9.17, 15) is 4.79 Å². The van der Waals surface area contributed by atoms with E-state index >= 15 is 0 Å². The average molecular weight is 320 g/mol. The zero-order valence-electron chi connectivity index (χ0n) is 10.6. The first-order valence-electron chi connectivity index (χ1n) is 6.25. The Balaban J connectivity index is 2.04. The summed E-state index contributed by atoms with van der Waals surface area (Å²) >= 11 is 3.54. The molecule has 1 aromatic carbocycles. The number of nitrogens with zero attached hydrogens (tertiary/aromatic N) is 3. The van der Waals surface area contributed by atoms with Gasteiger partial charge in [0.15, 0.2) is 0 Å². The fourth-order valence-corrected chi connectivity index (χ4v) is 3.03. The molecule has 0 radical (unpaired) electrons.